The zero-order valence-electron chi connectivity index (χ0n) is 18.8. The minimum atomic E-state index is -1.33. The summed E-state index contributed by atoms with van der Waals surface area (Å²) < 4.78 is 12.6. The molecule has 0 aliphatic carbocycles. The Bertz CT molecular complexity index is 1640. The maximum Gasteiger partial charge on any atom is 0.351 e. The molecule has 0 unspecified atom stereocenters. The number of aryl methyl sites for hydroxylation is 1. The Balaban J connectivity index is 1.70. The van der Waals surface area contributed by atoms with Gasteiger partial charge in [-0.3, -0.25) is 0 Å². The van der Waals surface area contributed by atoms with Gasteiger partial charge in [-0.05, 0) is 60.5 Å². The second kappa shape index (κ2) is 8.81. The Hall–Kier alpha value is -4.30. The summed E-state index contributed by atoms with van der Waals surface area (Å²) in [5.41, 5.74) is 2.49. The molecule has 2 aromatic heterocycles. The summed E-state index contributed by atoms with van der Waals surface area (Å²) in [6.07, 6.45) is 0. The Kier molecular flexibility index (Phi) is 5.66. The van der Waals surface area contributed by atoms with E-state index in [0.29, 0.717) is 45.1 Å². The number of anilines is 2. The maximum absolute atomic E-state index is 12.3. The van der Waals surface area contributed by atoms with Crippen LogP contribution in [0.25, 0.3) is 22.0 Å². The van der Waals surface area contributed by atoms with Crippen LogP contribution in [-0.4, -0.2) is 27.7 Å². The first-order valence-electron chi connectivity index (χ1n) is 10.7. The predicted molar refractivity (Wildman–Crippen MR) is 134 cm³/mol. The van der Waals surface area contributed by atoms with Crippen LogP contribution in [0.3, 0.4) is 0 Å². The highest BCUT2D eigenvalue weighted by Crippen LogP contribution is 2.30. The standard InChI is InChI=1S/C26H20ClN3O5/c1-14-19-11-20-21(12-22(19)35-25(33)23(14)24(31)32)30(13-15-3-5-16(27)6-4-15)26(29-20)28-17-7-9-18(34-2)10-8-17/h3-12H,13H2,1-2H3,(H,28,29)(H,31,32). The molecule has 8 nitrogen and oxygen atoms in total. The van der Waals surface area contributed by atoms with Gasteiger partial charge in [0.2, 0.25) is 5.95 Å². The lowest BCUT2D eigenvalue weighted by atomic mass is 10.1. The van der Waals surface area contributed by atoms with E-state index in [2.05, 4.69) is 5.32 Å². The summed E-state index contributed by atoms with van der Waals surface area (Å²) in [6.45, 7) is 2.06. The molecule has 0 radical (unpaired) electrons. The van der Waals surface area contributed by atoms with Crippen LogP contribution in [0.1, 0.15) is 21.5 Å². The molecule has 0 fully saturated rings. The summed E-state index contributed by atoms with van der Waals surface area (Å²) in [7, 11) is 1.61. The fourth-order valence-electron chi connectivity index (χ4n) is 4.05. The Morgan fingerprint density at radius 3 is 2.51 bits per heavy atom. The lowest BCUT2D eigenvalue weighted by Crippen LogP contribution is -2.15. The first kappa shape index (κ1) is 22.5. The van der Waals surface area contributed by atoms with E-state index in [1.165, 1.54) is 0 Å². The van der Waals surface area contributed by atoms with Crippen molar-refractivity contribution in [1.29, 1.82) is 0 Å². The van der Waals surface area contributed by atoms with Gasteiger partial charge in [0.25, 0.3) is 0 Å². The van der Waals surface area contributed by atoms with Crippen LogP contribution in [0.5, 0.6) is 5.75 Å². The zero-order valence-corrected chi connectivity index (χ0v) is 19.6. The summed E-state index contributed by atoms with van der Waals surface area (Å²) in [6, 6.07) is 18.4. The van der Waals surface area contributed by atoms with E-state index in [9.17, 15) is 14.7 Å². The molecule has 9 heteroatoms. The molecule has 3 aromatic carbocycles. The highest BCUT2D eigenvalue weighted by molar-refractivity contribution is 6.30. The number of carbonyl (C=O) groups is 1. The molecule has 0 aliphatic heterocycles. The van der Waals surface area contributed by atoms with Crippen molar-refractivity contribution >= 4 is 51.2 Å². The second-order valence-corrected chi connectivity index (χ2v) is 8.47. The number of fused-ring (bicyclic) bond motifs is 2. The number of hydrogen-bond donors (Lipinski definition) is 2. The molecular weight excluding hydrogens is 470 g/mol. The quantitative estimate of drug-likeness (QED) is 0.299. The molecule has 5 rings (SSSR count). The van der Waals surface area contributed by atoms with Crippen LogP contribution in [0.4, 0.5) is 11.6 Å². The van der Waals surface area contributed by atoms with Crippen molar-refractivity contribution in [3.8, 4) is 5.75 Å². The molecule has 176 valence electrons. The third-order valence-electron chi connectivity index (χ3n) is 5.85. The van der Waals surface area contributed by atoms with Gasteiger partial charge in [0.05, 0.1) is 24.7 Å². The summed E-state index contributed by atoms with van der Waals surface area (Å²) >= 11 is 6.06. The number of ether oxygens (including phenoxy) is 1. The molecule has 0 spiro atoms. The Labute approximate surface area is 204 Å². The monoisotopic (exact) mass is 489 g/mol. The van der Waals surface area contributed by atoms with E-state index in [1.807, 2.05) is 53.1 Å². The van der Waals surface area contributed by atoms with Crippen molar-refractivity contribution < 1.29 is 19.1 Å². The molecule has 0 bridgehead atoms. The van der Waals surface area contributed by atoms with Gasteiger partial charge in [0, 0.05) is 22.2 Å². The van der Waals surface area contributed by atoms with Crippen molar-refractivity contribution in [2.45, 2.75) is 13.5 Å². The van der Waals surface area contributed by atoms with E-state index >= 15 is 0 Å². The van der Waals surface area contributed by atoms with Crippen molar-refractivity contribution in [3.05, 3.63) is 92.8 Å². The summed E-state index contributed by atoms with van der Waals surface area (Å²) in [4.78, 5) is 28.7. The van der Waals surface area contributed by atoms with E-state index in [1.54, 1.807) is 26.2 Å². The van der Waals surface area contributed by atoms with Gasteiger partial charge in [0.1, 0.15) is 16.9 Å². The highest BCUT2D eigenvalue weighted by Gasteiger charge is 2.20. The molecule has 0 saturated carbocycles. The van der Waals surface area contributed by atoms with Gasteiger partial charge in [-0.25, -0.2) is 14.6 Å². The van der Waals surface area contributed by atoms with Gasteiger partial charge in [-0.2, -0.15) is 0 Å². The van der Waals surface area contributed by atoms with E-state index in [4.69, 9.17) is 25.7 Å². The second-order valence-electron chi connectivity index (χ2n) is 8.03. The van der Waals surface area contributed by atoms with Crippen molar-refractivity contribution in [1.82, 2.24) is 9.55 Å². The molecular formula is C26H20ClN3O5. The number of imidazole rings is 1. The predicted octanol–water partition coefficient (Wildman–Crippen LogP) is 5.60. The number of benzene rings is 3. The first-order valence-corrected chi connectivity index (χ1v) is 11.1. The fourth-order valence-corrected chi connectivity index (χ4v) is 4.17. The molecule has 0 atom stereocenters. The third kappa shape index (κ3) is 4.20. The highest BCUT2D eigenvalue weighted by atomic mass is 35.5. The lowest BCUT2D eigenvalue weighted by molar-refractivity contribution is 0.0691. The summed E-state index contributed by atoms with van der Waals surface area (Å²) in [5.74, 6) is -0.0292. The number of aromatic carboxylic acids is 1. The minimum Gasteiger partial charge on any atom is -0.497 e. The van der Waals surface area contributed by atoms with Gasteiger partial charge in [0.15, 0.2) is 0 Å². The number of hydrogen-bond acceptors (Lipinski definition) is 6. The van der Waals surface area contributed by atoms with Crippen LogP contribution in [0.15, 0.2) is 69.9 Å². The average molecular weight is 490 g/mol. The molecule has 5 aromatic rings. The van der Waals surface area contributed by atoms with Crippen LogP contribution < -0.4 is 15.7 Å². The smallest absolute Gasteiger partial charge is 0.351 e. The normalized spacial score (nSPS) is 11.2. The van der Waals surface area contributed by atoms with E-state index in [-0.39, 0.29) is 5.56 Å². The molecule has 2 N–H and O–H groups in total. The largest absolute Gasteiger partial charge is 0.497 e. The molecule has 0 aliphatic rings. The number of carboxylic acids is 1. The van der Waals surface area contributed by atoms with Crippen molar-refractivity contribution in [3.63, 3.8) is 0 Å². The van der Waals surface area contributed by atoms with E-state index in [0.717, 1.165) is 17.0 Å². The first-order chi connectivity index (χ1) is 16.8. The maximum atomic E-state index is 12.3. The van der Waals surface area contributed by atoms with Crippen LogP contribution in [0.2, 0.25) is 5.02 Å². The van der Waals surface area contributed by atoms with Crippen LogP contribution >= 0.6 is 11.6 Å². The van der Waals surface area contributed by atoms with Crippen molar-refractivity contribution in [2.24, 2.45) is 0 Å². The molecule has 35 heavy (non-hydrogen) atoms. The van der Waals surface area contributed by atoms with Crippen molar-refractivity contribution in [2.75, 3.05) is 12.4 Å². The lowest BCUT2D eigenvalue weighted by Gasteiger charge is -2.12. The fraction of sp³-hybridized carbons (Fsp3) is 0.115. The van der Waals surface area contributed by atoms with Gasteiger partial charge >= 0.3 is 11.6 Å². The number of carboxylic acid groups (broad SMARTS) is 1. The SMILES string of the molecule is COc1ccc(Nc2nc3cc4c(C)c(C(=O)O)c(=O)oc4cc3n2Cc2ccc(Cl)cc2)cc1. The Morgan fingerprint density at radius 1 is 1.14 bits per heavy atom. The van der Waals surface area contributed by atoms with Gasteiger partial charge in [-0.15, -0.1) is 0 Å². The molecule has 0 amide bonds. The number of nitrogens with one attached hydrogen (secondary N) is 1. The van der Waals surface area contributed by atoms with Crippen LogP contribution in [-0.2, 0) is 6.54 Å². The van der Waals surface area contributed by atoms with Crippen LogP contribution in [0, 0.1) is 6.92 Å². The van der Waals surface area contributed by atoms with Gasteiger partial charge in [-0.1, -0.05) is 23.7 Å². The number of methoxy groups -OCH3 is 1. The topological polar surface area (TPSA) is 107 Å². The van der Waals surface area contributed by atoms with E-state index < -0.39 is 11.6 Å². The average Bonchev–Trinajstić information content (AvgIpc) is 3.15. The number of rotatable bonds is 6. The van der Waals surface area contributed by atoms with Gasteiger partial charge < -0.3 is 24.1 Å². The molecule has 0 saturated heterocycles. The Morgan fingerprint density at radius 2 is 1.86 bits per heavy atom. The minimum absolute atomic E-state index is 0.290. The zero-order chi connectivity index (χ0) is 24.7. The number of halogens is 1. The number of nitrogens with zero attached hydrogens (tertiary/aromatic N) is 2. The third-order valence-corrected chi connectivity index (χ3v) is 6.10. The molecule has 2 heterocycles. The number of aromatic nitrogens is 2. The summed E-state index contributed by atoms with van der Waals surface area (Å²) in [5, 5.41) is 13.9.